The highest BCUT2D eigenvalue weighted by Gasteiger charge is 2.67. The quantitative estimate of drug-likeness (QED) is 0.532. The number of aryl methyl sites for hydroxylation is 1. The molecule has 5 rings (SSSR count). The number of aliphatic hydroxyl groups is 1. The minimum Gasteiger partial charge on any atom is -0.489 e. The molecule has 0 saturated heterocycles. The molecule has 4 aliphatic carbocycles. The van der Waals surface area contributed by atoms with Crippen molar-refractivity contribution >= 4 is 0 Å². The lowest BCUT2D eigenvalue weighted by Crippen LogP contribution is -2.48. The number of hydrogen-bond donors (Lipinski definition) is 1. The van der Waals surface area contributed by atoms with Crippen molar-refractivity contribution in [3.63, 3.8) is 0 Å². The van der Waals surface area contributed by atoms with Crippen LogP contribution in [0.3, 0.4) is 0 Å². The summed E-state index contributed by atoms with van der Waals surface area (Å²) >= 11 is 0. The van der Waals surface area contributed by atoms with Crippen LogP contribution in [0.5, 0.6) is 5.75 Å². The summed E-state index contributed by atoms with van der Waals surface area (Å²) in [4.78, 5) is 0. The fraction of sp³-hybridized carbons (Fsp3) is 0.800. The summed E-state index contributed by atoms with van der Waals surface area (Å²) in [5.74, 6) is 2.84. The van der Waals surface area contributed by atoms with E-state index >= 15 is 0 Å². The van der Waals surface area contributed by atoms with Crippen molar-refractivity contribution in [3.05, 3.63) is 28.8 Å². The summed E-state index contributed by atoms with van der Waals surface area (Å²) in [6.07, 6.45) is 8.32. The third kappa shape index (κ3) is 2.87. The maximum Gasteiger partial charge on any atom is 0.123 e. The first-order valence-electron chi connectivity index (χ1n) is 13.3. The lowest BCUT2D eigenvalue weighted by molar-refractivity contribution is -0.0607. The molecule has 2 bridgehead atoms. The molecule has 4 aliphatic rings. The molecule has 0 radical (unpaired) electrons. The number of fused-ring (bicyclic) bond motifs is 5. The van der Waals surface area contributed by atoms with Crippen molar-refractivity contribution in [1.82, 2.24) is 0 Å². The molecule has 3 fully saturated rings. The van der Waals surface area contributed by atoms with E-state index in [0.717, 1.165) is 24.5 Å². The van der Waals surface area contributed by atoms with Gasteiger partial charge in [0.15, 0.2) is 0 Å². The van der Waals surface area contributed by atoms with Gasteiger partial charge in [-0.25, -0.2) is 0 Å². The zero-order valence-electron chi connectivity index (χ0n) is 21.8. The third-order valence-corrected chi connectivity index (χ3v) is 11.5. The Morgan fingerprint density at radius 1 is 1.00 bits per heavy atom. The van der Waals surface area contributed by atoms with E-state index in [2.05, 4.69) is 67.5 Å². The SMILES string of the molecule is CC(C)c1cc2c(cc1OC1CC3CC(O)C1(C)C3(C)C)C1(C)CCCC(C)(C)C1CC2. The van der Waals surface area contributed by atoms with Gasteiger partial charge in [-0.05, 0) is 95.3 Å². The molecule has 2 heteroatoms. The van der Waals surface area contributed by atoms with Crippen LogP contribution in [0, 0.1) is 28.1 Å². The Labute approximate surface area is 196 Å². The first-order valence-corrected chi connectivity index (χ1v) is 13.3. The molecule has 0 aromatic heterocycles. The summed E-state index contributed by atoms with van der Waals surface area (Å²) < 4.78 is 6.99. The van der Waals surface area contributed by atoms with Crippen LogP contribution < -0.4 is 4.74 Å². The van der Waals surface area contributed by atoms with Crippen molar-refractivity contribution in [2.45, 2.75) is 124 Å². The van der Waals surface area contributed by atoms with Crippen LogP contribution in [-0.2, 0) is 11.8 Å². The maximum absolute atomic E-state index is 11.0. The number of ether oxygens (including phenoxy) is 1. The van der Waals surface area contributed by atoms with E-state index in [0.29, 0.717) is 17.3 Å². The van der Waals surface area contributed by atoms with E-state index in [-0.39, 0.29) is 28.5 Å². The standard InChI is InChI=1S/C30H46O2/c1-18(2)21-14-19-10-11-24-27(3,4)12-9-13-29(24,7)22(19)17-23(21)32-26-16-20-15-25(31)30(26,8)28(20,5)6/h14,17-18,20,24-26,31H,9-13,15-16H2,1-8H3. The van der Waals surface area contributed by atoms with E-state index in [4.69, 9.17) is 4.74 Å². The van der Waals surface area contributed by atoms with Gasteiger partial charge >= 0.3 is 0 Å². The fourth-order valence-corrected chi connectivity index (χ4v) is 8.91. The normalized spacial score (nSPS) is 41.4. The maximum atomic E-state index is 11.0. The highest BCUT2D eigenvalue weighted by atomic mass is 16.5. The van der Waals surface area contributed by atoms with E-state index in [1.165, 1.54) is 37.7 Å². The number of hydrogen-bond acceptors (Lipinski definition) is 2. The van der Waals surface area contributed by atoms with Crippen molar-refractivity contribution in [2.24, 2.45) is 28.1 Å². The van der Waals surface area contributed by atoms with Gasteiger partial charge in [0.2, 0.25) is 0 Å². The van der Waals surface area contributed by atoms with Gasteiger partial charge in [0, 0.05) is 5.41 Å². The molecule has 32 heavy (non-hydrogen) atoms. The Morgan fingerprint density at radius 3 is 2.34 bits per heavy atom. The second-order valence-corrected chi connectivity index (χ2v) is 13.8. The van der Waals surface area contributed by atoms with Crippen LogP contribution in [0.1, 0.15) is 117 Å². The molecule has 2 nitrogen and oxygen atoms in total. The molecule has 0 spiro atoms. The largest absolute Gasteiger partial charge is 0.489 e. The minimum atomic E-state index is -0.262. The van der Waals surface area contributed by atoms with Crippen LogP contribution in [0.25, 0.3) is 0 Å². The first-order chi connectivity index (χ1) is 14.8. The lowest BCUT2D eigenvalue weighted by Gasteiger charge is -2.54. The van der Waals surface area contributed by atoms with E-state index < -0.39 is 0 Å². The zero-order valence-corrected chi connectivity index (χ0v) is 21.8. The smallest absolute Gasteiger partial charge is 0.123 e. The number of benzene rings is 1. The third-order valence-electron chi connectivity index (χ3n) is 11.5. The lowest BCUT2D eigenvalue weighted by atomic mass is 9.50. The average molecular weight is 439 g/mol. The molecule has 3 saturated carbocycles. The molecule has 1 aromatic carbocycles. The van der Waals surface area contributed by atoms with Gasteiger partial charge in [-0.2, -0.15) is 0 Å². The first kappa shape index (κ1) is 22.8. The van der Waals surface area contributed by atoms with Crippen LogP contribution in [-0.4, -0.2) is 17.3 Å². The Balaban J connectivity index is 1.57. The van der Waals surface area contributed by atoms with Gasteiger partial charge in [-0.15, -0.1) is 0 Å². The molecule has 1 aromatic rings. The molecule has 1 N–H and O–H groups in total. The van der Waals surface area contributed by atoms with Crippen LogP contribution in [0.4, 0.5) is 0 Å². The van der Waals surface area contributed by atoms with E-state index in [1.54, 1.807) is 11.1 Å². The highest BCUT2D eigenvalue weighted by molar-refractivity contribution is 5.49. The highest BCUT2D eigenvalue weighted by Crippen LogP contribution is 2.66. The van der Waals surface area contributed by atoms with Crippen molar-refractivity contribution in [3.8, 4) is 5.75 Å². The molecular weight excluding hydrogens is 392 g/mol. The summed E-state index contributed by atoms with van der Waals surface area (Å²) in [5.41, 5.74) is 5.09. The van der Waals surface area contributed by atoms with Crippen molar-refractivity contribution < 1.29 is 9.84 Å². The molecule has 0 aliphatic heterocycles. The summed E-state index contributed by atoms with van der Waals surface area (Å²) in [7, 11) is 0. The van der Waals surface area contributed by atoms with Crippen LogP contribution >= 0.6 is 0 Å². The summed E-state index contributed by atoms with van der Waals surface area (Å²) in [5, 5.41) is 11.0. The fourth-order valence-electron chi connectivity index (χ4n) is 8.91. The molecular formula is C30H46O2. The van der Waals surface area contributed by atoms with Crippen LogP contribution in [0.15, 0.2) is 12.1 Å². The minimum absolute atomic E-state index is 0.0943. The predicted octanol–water partition coefficient (Wildman–Crippen LogP) is 7.40. The Hall–Kier alpha value is -1.02. The van der Waals surface area contributed by atoms with Gasteiger partial charge < -0.3 is 9.84 Å². The average Bonchev–Trinajstić information content (AvgIpc) is 2.98. The molecule has 6 atom stereocenters. The topological polar surface area (TPSA) is 29.5 Å². The molecule has 0 amide bonds. The molecule has 178 valence electrons. The summed E-state index contributed by atoms with van der Waals surface area (Å²) in [6, 6.07) is 4.96. The molecule has 6 unspecified atom stereocenters. The predicted molar refractivity (Wildman–Crippen MR) is 132 cm³/mol. The van der Waals surface area contributed by atoms with Crippen molar-refractivity contribution in [1.29, 1.82) is 0 Å². The molecule has 0 heterocycles. The Bertz CT molecular complexity index is 912. The summed E-state index contributed by atoms with van der Waals surface area (Å²) in [6.45, 7) is 19.1. The monoisotopic (exact) mass is 438 g/mol. The van der Waals surface area contributed by atoms with Gasteiger partial charge in [0.1, 0.15) is 11.9 Å². The van der Waals surface area contributed by atoms with Gasteiger partial charge in [-0.3, -0.25) is 0 Å². The van der Waals surface area contributed by atoms with Crippen molar-refractivity contribution in [2.75, 3.05) is 0 Å². The van der Waals surface area contributed by atoms with Gasteiger partial charge in [0.05, 0.1) is 6.10 Å². The van der Waals surface area contributed by atoms with E-state index in [9.17, 15) is 5.11 Å². The van der Waals surface area contributed by atoms with Gasteiger partial charge in [-0.1, -0.05) is 67.9 Å². The van der Waals surface area contributed by atoms with Crippen LogP contribution in [0.2, 0.25) is 0 Å². The number of rotatable bonds is 3. The van der Waals surface area contributed by atoms with Gasteiger partial charge in [0.25, 0.3) is 0 Å². The zero-order chi connectivity index (χ0) is 23.3. The van der Waals surface area contributed by atoms with E-state index in [1.807, 2.05) is 0 Å². The Kier molecular flexibility index (Phi) is 4.98. The second-order valence-electron chi connectivity index (χ2n) is 13.8. The Morgan fingerprint density at radius 2 is 1.72 bits per heavy atom. The number of aliphatic hydroxyl groups excluding tert-OH is 1. The second kappa shape index (κ2) is 7.00.